The fourth-order valence-corrected chi connectivity index (χ4v) is 6.24. The number of amides is 2. The van der Waals surface area contributed by atoms with Crippen LogP contribution >= 0.6 is 0 Å². The number of sulfonamides is 1. The molecule has 34 heavy (non-hydrogen) atoms. The minimum absolute atomic E-state index is 0.179. The first-order chi connectivity index (χ1) is 16.1. The topological polar surface area (TPSA) is 105 Å². The summed E-state index contributed by atoms with van der Waals surface area (Å²) in [6, 6.07) is 4.03. The van der Waals surface area contributed by atoms with Crippen molar-refractivity contribution in [3.8, 4) is 0 Å². The van der Waals surface area contributed by atoms with Gasteiger partial charge in [-0.25, -0.2) is 8.42 Å². The minimum Gasteiger partial charge on any atom is -0.354 e. The van der Waals surface area contributed by atoms with Crippen LogP contribution in [-0.4, -0.2) is 60.0 Å². The van der Waals surface area contributed by atoms with Gasteiger partial charge >= 0.3 is 0 Å². The van der Waals surface area contributed by atoms with E-state index in [9.17, 15) is 18.0 Å². The molecule has 0 aliphatic carbocycles. The van der Waals surface area contributed by atoms with Crippen molar-refractivity contribution < 1.29 is 18.0 Å². The summed E-state index contributed by atoms with van der Waals surface area (Å²) in [5.74, 6) is -0.507. The molecule has 10 heteroatoms. The molecular formula is C24H35N5O4S. The Morgan fingerprint density at radius 2 is 1.85 bits per heavy atom. The number of hydrogen-bond acceptors (Lipinski definition) is 5. The lowest BCUT2D eigenvalue weighted by Gasteiger charge is -2.23. The molecule has 1 aliphatic rings. The third kappa shape index (κ3) is 4.74. The summed E-state index contributed by atoms with van der Waals surface area (Å²) in [5, 5.41) is 7.48. The molecule has 2 heterocycles. The molecule has 0 bridgehead atoms. The van der Waals surface area contributed by atoms with E-state index in [1.54, 1.807) is 26.0 Å². The molecule has 0 saturated heterocycles. The van der Waals surface area contributed by atoms with E-state index in [1.165, 1.54) is 22.2 Å². The number of aromatic nitrogens is 2. The van der Waals surface area contributed by atoms with Gasteiger partial charge < -0.3 is 5.32 Å². The minimum atomic E-state index is -3.63. The third-order valence-corrected chi connectivity index (χ3v) is 8.57. The monoisotopic (exact) mass is 489 g/mol. The van der Waals surface area contributed by atoms with E-state index in [4.69, 9.17) is 0 Å². The van der Waals surface area contributed by atoms with E-state index in [0.717, 1.165) is 23.5 Å². The van der Waals surface area contributed by atoms with E-state index in [0.29, 0.717) is 37.3 Å². The Labute approximate surface area is 202 Å². The Balaban J connectivity index is 1.77. The lowest BCUT2D eigenvalue weighted by Crippen LogP contribution is -2.47. The fraction of sp³-hybridized carbons (Fsp3) is 0.542. The molecule has 1 aromatic carbocycles. The van der Waals surface area contributed by atoms with Crippen LogP contribution in [0.25, 0.3) is 0 Å². The summed E-state index contributed by atoms with van der Waals surface area (Å²) in [5.41, 5.74) is 4.43. The highest BCUT2D eigenvalue weighted by atomic mass is 32.2. The molecule has 0 spiro atoms. The fourth-order valence-electron chi connectivity index (χ4n) is 4.73. The molecule has 1 aromatic heterocycles. The number of fused-ring (bicyclic) bond motifs is 1. The molecule has 0 saturated carbocycles. The Bertz CT molecular complexity index is 1180. The van der Waals surface area contributed by atoms with Crippen LogP contribution in [0.15, 0.2) is 23.1 Å². The Morgan fingerprint density at radius 3 is 2.41 bits per heavy atom. The summed E-state index contributed by atoms with van der Waals surface area (Å²) < 4.78 is 29.2. The maximum Gasteiger partial charge on any atom is 0.243 e. The number of carbonyl (C=O) groups is 2. The summed E-state index contributed by atoms with van der Waals surface area (Å²) in [6.07, 6.45) is 0.920. The summed E-state index contributed by atoms with van der Waals surface area (Å²) in [6.45, 7) is 13.0. The van der Waals surface area contributed by atoms with Crippen LogP contribution in [-0.2, 0) is 39.0 Å². The maximum absolute atomic E-state index is 13.1. The average Bonchev–Trinajstić information content (AvgIpc) is 3.31. The van der Waals surface area contributed by atoms with Gasteiger partial charge in [-0.05, 0) is 56.5 Å². The van der Waals surface area contributed by atoms with Gasteiger partial charge in [-0.1, -0.05) is 13.8 Å². The first-order valence-corrected chi connectivity index (χ1v) is 13.2. The molecule has 1 atom stereocenters. The normalized spacial score (nSPS) is 15.6. The number of nitrogens with one attached hydrogen (secondary N) is 1. The van der Waals surface area contributed by atoms with E-state index < -0.39 is 16.1 Å². The second-order valence-electron chi connectivity index (χ2n) is 8.49. The van der Waals surface area contributed by atoms with Crippen LogP contribution in [0.1, 0.15) is 50.2 Å². The van der Waals surface area contributed by atoms with Crippen molar-refractivity contribution in [2.75, 3.05) is 24.5 Å². The van der Waals surface area contributed by atoms with Gasteiger partial charge in [0.25, 0.3) is 0 Å². The second-order valence-corrected chi connectivity index (χ2v) is 10.4. The molecule has 0 radical (unpaired) electrons. The zero-order valence-corrected chi connectivity index (χ0v) is 21.7. The van der Waals surface area contributed by atoms with Gasteiger partial charge in [-0.15, -0.1) is 0 Å². The van der Waals surface area contributed by atoms with Gasteiger partial charge in [0.15, 0.2) is 0 Å². The molecule has 1 aliphatic heterocycles. The lowest BCUT2D eigenvalue weighted by molar-refractivity contribution is -0.125. The van der Waals surface area contributed by atoms with Crippen LogP contribution in [0.4, 0.5) is 5.69 Å². The first kappa shape index (κ1) is 25.9. The Hall–Kier alpha value is -2.72. The number of hydrogen-bond donors (Lipinski definition) is 1. The third-order valence-electron chi connectivity index (χ3n) is 6.53. The van der Waals surface area contributed by atoms with E-state index in [1.807, 2.05) is 25.5 Å². The number of anilines is 1. The number of benzene rings is 1. The number of nitrogens with zero attached hydrogens (tertiary/aromatic N) is 4. The van der Waals surface area contributed by atoms with E-state index in [2.05, 4.69) is 10.4 Å². The van der Waals surface area contributed by atoms with Crippen LogP contribution in [0.3, 0.4) is 0 Å². The van der Waals surface area contributed by atoms with Crippen LogP contribution in [0.5, 0.6) is 0 Å². The molecule has 2 amide bonds. The maximum atomic E-state index is 13.1. The van der Waals surface area contributed by atoms with Gasteiger partial charge in [-0.3, -0.25) is 19.2 Å². The van der Waals surface area contributed by atoms with Crippen LogP contribution in [0, 0.1) is 13.8 Å². The standard InChI is InChI=1S/C24H35N5O4S/c1-7-27(8-2)34(32,33)20-10-11-22-19(14-20)15-23(29(22)18(6)30)24(31)25-13-12-21-16(4)26-28(9-3)17(21)5/h10-11,14,23H,7-9,12-13,15H2,1-6H3,(H,25,31)/t23-/m1/s1. The van der Waals surface area contributed by atoms with Crippen molar-refractivity contribution in [2.45, 2.75) is 71.9 Å². The van der Waals surface area contributed by atoms with Crippen molar-refractivity contribution in [2.24, 2.45) is 0 Å². The van der Waals surface area contributed by atoms with Gasteiger partial charge in [0.05, 0.1) is 10.6 Å². The van der Waals surface area contributed by atoms with Crippen molar-refractivity contribution in [3.63, 3.8) is 0 Å². The molecule has 186 valence electrons. The van der Waals surface area contributed by atoms with Gasteiger partial charge in [0, 0.05) is 50.9 Å². The van der Waals surface area contributed by atoms with Crippen molar-refractivity contribution >= 4 is 27.5 Å². The number of aryl methyl sites for hydroxylation is 2. The summed E-state index contributed by atoms with van der Waals surface area (Å²) in [7, 11) is -3.63. The quantitative estimate of drug-likeness (QED) is 0.581. The molecule has 1 N–H and O–H groups in total. The molecule has 0 unspecified atom stereocenters. The van der Waals surface area contributed by atoms with Crippen molar-refractivity contribution in [1.82, 2.24) is 19.4 Å². The summed E-state index contributed by atoms with van der Waals surface area (Å²) >= 11 is 0. The number of carbonyl (C=O) groups excluding carboxylic acids is 2. The van der Waals surface area contributed by atoms with Crippen molar-refractivity contribution in [1.29, 1.82) is 0 Å². The van der Waals surface area contributed by atoms with Crippen LogP contribution < -0.4 is 10.2 Å². The smallest absolute Gasteiger partial charge is 0.243 e. The highest BCUT2D eigenvalue weighted by Gasteiger charge is 2.38. The Kier molecular flexibility index (Phi) is 7.82. The second kappa shape index (κ2) is 10.3. The highest BCUT2D eigenvalue weighted by molar-refractivity contribution is 7.89. The molecular weight excluding hydrogens is 454 g/mol. The van der Waals surface area contributed by atoms with Gasteiger partial charge in [0.2, 0.25) is 21.8 Å². The zero-order chi connectivity index (χ0) is 25.2. The summed E-state index contributed by atoms with van der Waals surface area (Å²) in [4.78, 5) is 27.2. The van der Waals surface area contributed by atoms with Gasteiger partial charge in [0.1, 0.15) is 6.04 Å². The predicted octanol–water partition coefficient (Wildman–Crippen LogP) is 2.19. The predicted molar refractivity (Wildman–Crippen MR) is 131 cm³/mol. The first-order valence-electron chi connectivity index (χ1n) is 11.8. The molecule has 9 nitrogen and oxygen atoms in total. The van der Waals surface area contributed by atoms with Crippen molar-refractivity contribution in [3.05, 3.63) is 40.7 Å². The SMILES string of the molecule is CCN(CC)S(=O)(=O)c1ccc2c(c1)C[C@H](C(=O)NCCc1c(C)nn(CC)c1C)N2C(C)=O. The highest BCUT2D eigenvalue weighted by Crippen LogP contribution is 2.35. The number of rotatable bonds is 9. The zero-order valence-electron chi connectivity index (χ0n) is 20.9. The van der Waals surface area contributed by atoms with E-state index in [-0.39, 0.29) is 23.1 Å². The van der Waals surface area contributed by atoms with Crippen LogP contribution in [0.2, 0.25) is 0 Å². The molecule has 2 aromatic rings. The molecule has 3 rings (SSSR count). The largest absolute Gasteiger partial charge is 0.354 e. The lowest BCUT2D eigenvalue weighted by atomic mass is 10.1. The Morgan fingerprint density at radius 1 is 1.18 bits per heavy atom. The molecule has 0 fully saturated rings. The average molecular weight is 490 g/mol. The van der Waals surface area contributed by atoms with E-state index >= 15 is 0 Å². The van der Waals surface area contributed by atoms with Gasteiger partial charge in [-0.2, -0.15) is 9.40 Å².